The van der Waals surface area contributed by atoms with E-state index in [4.69, 9.17) is 9.47 Å². The number of nitrogens with one attached hydrogen (secondary N) is 1. The highest BCUT2D eigenvalue weighted by Crippen LogP contribution is 2.32. The Kier molecular flexibility index (Phi) is 7.15. The minimum absolute atomic E-state index is 0.0130. The summed E-state index contributed by atoms with van der Waals surface area (Å²) in [4.78, 5) is 25.7. The van der Waals surface area contributed by atoms with Crippen molar-refractivity contribution in [1.82, 2.24) is 14.9 Å². The summed E-state index contributed by atoms with van der Waals surface area (Å²) in [6.07, 6.45) is 2.36. The highest BCUT2D eigenvalue weighted by atomic mass is 16.5. The largest absolute Gasteiger partial charge is 0.493 e. The minimum Gasteiger partial charge on any atom is -0.493 e. The number of aryl methyl sites for hydroxylation is 2. The number of benzene rings is 2. The number of hydrogen-bond acceptors (Lipinski definition) is 6. The fraction of sp³-hybridized carbons (Fsp3) is 0.346. The third-order valence-electron chi connectivity index (χ3n) is 6.01. The highest BCUT2D eigenvalue weighted by molar-refractivity contribution is 5.90. The average molecular weight is 462 g/mol. The summed E-state index contributed by atoms with van der Waals surface area (Å²) in [6.45, 7) is 8.05. The Bertz CT molecular complexity index is 1150. The van der Waals surface area contributed by atoms with E-state index in [0.29, 0.717) is 37.0 Å². The first-order valence-electron chi connectivity index (χ1n) is 11.5. The molecule has 1 aliphatic rings. The molecule has 8 nitrogen and oxygen atoms in total. The summed E-state index contributed by atoms with van der Waals surface area (Å²) in [5, 5.41) is 3.08. The normalized spacial score (nSPS) is 15.7. The zero-order chi connectivity index (χ0) is 24.1. The third-order valence-corrected chi connectivity index (χ3v) is 6.01. The molecule has 0 unspecified atom stereocenters. The quantitative estimate of drug-likeness (QED) is 0.563. The van der Waals surface area contributed by atoms with Gasteiger partial charge in [0.05, 0.1) is 7.11 Å². The van der Waals surface area contributed by atoms with Gasteiger partial charge in [-0.25, -0.2) is 14.8 Å². The zero-order valence-corrected chi connectivity index (χ0v) is 20.1. The Morgan fingerprint density at radius 1 is 1.12 bits per heavy atom. The highest BCUT2D eigenvalue weighted by Gasteiger charge is 2.28. The maximum Gasteiger partial charge on any atom is 0.322 e. The smallest absolute Gasteiger partial charge is 0.322 e. The Morgan fingerprint density at radius 3 is 2.71 bits per heavy atom. The van der Waals surface area contributed by atoms with Gasteiger partial charge in [-0.3, -0.25) is 0 Å². The van der Waals surface area contributed by atoms with E-state index in [0.717, 1.165) is 29.1 Å². The van der Waals surface area contributed by atoms with Crippen molar-refractivity contribution in [3.05, 3.63) is 66.0 Å². The number of anilines is 2. The number of carbonyl (C=O) groups excluding carboxylic acids is 1. The molecule has 2 amide bonds. The molecule has 8 heteroatoms. The Morgan fingerprint density at radius 2 is 1.94 bits per heavy atom. The van der Waals surface area contributed by atoms with Crippen LogP contribution in [0.15, 0.2) is 54.9 Å². The van der Waals surface area contributed by atoms with Crippen LogP contribution in [0.25, 0.3) is 0 Å². The van der Waals surface area contributed by atoms with E-state index >= 15 is 0 Å². The van der Waals surface area contributed by atoms with Crippen LogP contribution >= 0.6 is 0 Å². The van der Waals surface area contributed by atoms with Gasteiger partial charge in [0, 0.05) is 37.4 Å². The molecule has 2 aromatic carbocycles. The molecule has 1 saturated heterocycles. The molecular weight excluding hydrogens is 430 g/mol. The van der Waals surface area contributed by atoms with Crippen molar-refractivity contribution < 1.29 is 14.3 Å². The number of rotatable bonds is 6. The average Bonchev–Trinajstić information content (AvgIpc) is 2.85. The Labute approximate surface area is 200 Å². The Hall–Kier alpha value is -3.81. The molecule has 2 heterocycles. The number of methoxy groups -OCH3 is 1. The summed E-state index contributed by atoms with van der Waals surface area (Å²) in [7, 11) is 1.62. The van der Waals surface area contributed by atoms with Crippen LogP contribution in [-0.4, -0.2) is 53.7 Å². The minimum atomic E-state index is -0.0776. The second kappa shape index (κ2) is 10.4. The molecule has 178 valence electrons. The lowest BCUT2D eigenvalue weighted by molar-refractivity contribution is 0.184. The molecule has 4 rings (SSSR count). The van der Waals surface area contributed by atoms with Crippen LogP contribution in [-0.2, 0) is 6.42 Å². The topological polar surface area (TPSA) is 79.8 Å². The summed E-state index contributed by atoms with van der Waals surface area (Å²) >= 11 is 0. The molecule has 1 fully saturated rings. The van der Waals surface area contributed by atoms with Crippen LogP contribution in [0.2, 0.25) is 0 Å². The predicted octanol–water partition coefficient (Wildman–Crippen LogP) is 4.89. The molecule has 0 saturated carbocycles. The van der Waals surface area contributed by atoms with Gasteiger partial charge in [0.15, 0.2) is 11.5 Å². The fourth-order valence-electron chi connectivity index (χ4n) is 4.14. The van der Waals surface area contributed by atoms with Gasteiger partial charge in [-0.1, -0.05) is 31.2 Å². The van der Waals surface area contributed by atoms with Gasteiger partial charge >= 0.3 is 6.03 Å². The molecule has 1 aliphatic heterocycles. The van der Waals surface area contributed by atoms with Crippen LogP contribution in [0.5, 0.6) is 17.4 Å². The molecule has 0 bridgehead atoms. The predicted molar refractivity (Wildman–Crippen MR) is 133 cm³/mol. The molecule has 3 aromatic rings. The number of nitrogens with zero attached hydrogens (tertiary/aromatic N) is 4. The van der Waals surface area contributed by atoms with Gasteiger partial charge in [0.25, 0.3) is 0 Å². The van der Waals surface area contributed by atoms with Crippen molar-refractivity contribution in [2.45, 2.75) is 33.2 Å². The number of aromatic nitrogens is 2. The SMILES string of the molecule is CCc1ccccc1NC(=O)N1CCN(c2cc(Oc3ccc(C)cc3OC)ncn2)C[C@H]1C. The van der Waals surface area contributed by atoms with Gasteiger partial charge in [0.2, 0.25) is 5.88 Å². The van der Waals surface area contributed by atoms with Crippen LogP contribution in [0, 0.1) is 6.92 Å². The molecule has 0 radical (unpaired) electrons. The van der Waals surface area contributed by atoms with Gasteiger partial charge in [-0.2, -0.15) is 0 Å². The summed E-state index contributed by atoms with van der Waals surface area (Å²) < 4.78 is 11.4. The summed E-state index contributed by atoms with van der Waals surface area (Å²) in [5.74, 6) is 2.45. The molecule has 0 aliphatic carbocycles. The fourth-order valence-corrected chi connectivity index (χ4v) is 4.14. The number of carbonyl (C=O) groups is 1. The van der Waals surface area contributed by atoms with Crippen LogP contribution in [0.4, 0.5) is 16.3 Å². The molecule has 0 spiro atoms. The molecule has 1 N–H and O–H groups in total. The lowest BCUT2D eigenvalue weighted by Gasteiger charge is -2.40. The van der Waals surface area contributed by atoms with Crippen LogP contribution in [0.3, 0.4) is 0 Å². The molecule has 1 atom stereocenters. The van der Waals surface area contributed by atoms with Gasteiger partial charge in [-0.15, -0.1) is 0 Å². The van der Waals surface area contributed by atoms with E-state index < -0.39 is 0 Å². The van der Waals surface area contributed by atoms with Crippen LogP contribution in [0.1, 0.15) is 25.0 Å². The summed E-state index contributed by atoms with van der Waals surface area (Å²) in [5.41, 5.74) is 3.08. The Balaban J connectivity index is 1.42. The van der Waals surface area contributed by atoms with E-state index in [-0.39, 0.29) is 12.1 Å². The van der Waals surface area contributed by atoms with Crippen molar-refractivity contribution in [3.63, 3.8) is 0 Å². The van der Waals surface area contributed by atoms with E-state index in [1.54, 1.807) is 7.11 Å². The van der Waals surface area contributed by atoms with Crippen molar-refractivity contribution in [1.29, 1.82) is 0 Å². The first-order valence-corrected chi connectivity index (χ1v) is 11.5. The van der Waals surface area contributed by atoms with Gasteiger partial charge < -0.3 is 24.6 Å². The number of ether oxygens (including phenoxy) is 2. The van der Waals surface area contributed by atoms with Crippen molar-refractivity contribution in [2.75, 3.05) is 37.0 Å². The number of para-hydroxylation sites is 1. The zero-order valence-electron chi connectivity index (χ0n) is 20.1. The first-order chi connectivity index (χ1) is 16.5. The first kappa shape index (κ1) is 23.4. The maximum atomic E-state index is 13.0. The van der Waals surface area contributed by atoms with Gasteiger partial charge in [-0.05, 0) is 49.6 Å². The van der Waals surface area contributed by atoms with Crippen molar-refractivity contribution in [3.8, 4) is 17.4 Å². The maximum absolute atomic E-state index is 13.0. The number of hydrogen-bond donors (Lipinski definition) is 1. The lowest BCUT2D eigenvalue weighted by Crippen LogP contribution is -2.55. The molecule has 1 aromatic heterocycles. The number of amides is 2. The number of urea groups is 1. The summed E-state index contributed by atoms with van der Waals surface area (Å²) in [6, 6.07) is 15.4. The standard InChI is InChI=1S/C26H31N5O3/c1-5-20-8-6-7-9-21(20)29-26(32)31-13-12-30(16-19(31)3)24-15-25(28-17-27-24)34-22-11-10-18(2)14-23(22)33-4/h6-11,14-15,17,19H,5,12-13,16H2,1-4H3,(H,29,32)/t19-/m1/s1. The molecular formula is C26H31N5O3. The van der Waals surface area contributed by atoms with Crippen molar-refractivity contribution >= 4 is 17.5 Å². The second-order valence-corrected chi connectivity index (χ2v) is 8.40. The van der Waals surface area contributed by atoms with E-state index in [1.165, 1.54) is 6.33 Å². The van der Waals surface area contributed by atoms with Gasteiger partial charge in [0.1, 0.15) is 12.1 Å². The monoisotopic (exact) mass is 461 g/mol. The van der Waals surface area contributed by atoms with E-state index in [9.17, 15) is 4.79 Å². The van der Waals surface area contributed by atoms with E-state index in [2.05, 4.69) is 27.1 Å². The second-order valence-electron chi connectivity index (χ2n) is 8.40. The lowest BCUT2D eigenvalue weighted by atomic mass is 10.1. The van der Waals surface area contributed by atoms with Crippen LogP contribution < -0.4 is 19.7 Å². The molecule has 34 heavy (non-hydrogen) atoms. The third kappa shape index (κ3) is 5.22. The van der Waals surface area contributed by atoms with Crippen molar-refractivity contribution in [2.24, 2.45) is 0 Å². The number of piperazine rings is 1. The van der Waals surface area contributed by atoms with E-state index in [1.807, 2.05) is 67.3 Å².